The van der Waals surface area contributed by atoms with Crippen molar-refractivity contribution in [3.63, 3.8) is 0 Å². The fourth-order valence-corrected chi connectivity index (χ4v) is 5.52. The third-order valence-electron chi connectivity index (χ3n) is 7.69. The van der Waals surface area contributed by atoms with Crippen molar-refractivity contribution in [3.05, 3.63) is 97.7 Å². The van der Waals surface area contributed by atoms with Crippen molar-refractivity contribution >= 4 is 17.5 Å². The zero-order chi connectivity index (χ0) is 24.2. The number of aromatic nitrogens is 2. The Morgan fingerprint density at radius 2 is 1.97 bits per heavy atom. The molecule has 7 heteroatoms. The Bertz CT molecular complexity index is 1360. The topological polar surface area (TPSA) is 86.3 Å². The summed E-state index contributed by atoms with van der Waals surface area (Å²) in [5.41, 5.74) is 3.61. The lowest BCUT2D eigenvalue weighted by molar-refractivity contribution is -0.141. The van der Waals surface area contributed by atoms with Crippen LogP contribution in [0.15, 0.2) is 53.3 Å². The minimum atomic E-state index is -1.24. The molecule has 0 bridgehead atoms. The molecule has 2 aliphatic carbocycles. The molecule has 1 atom stereocenters. The molecule has 3 aliphatic rings. The van der Waals surface area contributed by atoms with Crippen molar-refractivity contribution in [1.29, 1.82) is 0 Å². The predicted molar refractivity (Wildman–Crippen MR) is 133 cm³/mol. The molecule has 180 valence electrons. The molecule has 1 unspecified atom stereocenters. The Morgan fingerprint density at radius 3 is 2.71 bits per heavy atom. The molecule has 0 radical (unpaired) electrons. The van der Waals surface area contributed by atoms with Crippen LogP contribution in [0.4, 0.5) is 0 Å². The number of aromatic amines is 1. The Labute approximate surface area is 209 Å². The van der Waals surface area contributed by atoms with E-state index in [1.54, 1.807) is 11.0 Å². The smallest absolute Gasteiger partial charge is 0.256 e. The van der Waals surface area contributed by atoms with Crippen molar-refractivity contribution in [2.45, 2.75) is 62.5 Å². The van der Waals surface area contributed by atoms with E-state index < -0.39 is 6.10 Å². The second-order valence-corrected chi connectivity index (χ2v) is 10.6. The van der Waals surface area contributed by atoms with Crippen LogP contribution < -0.4 is 5.56 Å². The SMILES string of the molecule is O=C(C(O)c1cccc(C2CC2)c1)N1CCCc2nc(C3(c4cccc(Cl)c4)CC3)[nH]c(=O)c2C1. The molecule has 2 N–H and O–H groups in total. The van der Waals surface area contributed by atoms with Crippen molar-refractivity contribution in [2.24, 2.45) is 0 Å². The van der Waals surface area contributed by atoms with Crippen molar-refractivity contribution < 1.29 is 9.90 Å². The summed E-state index contributed by atoms with van der Waals surface area (Å²) in [4.78, 5) is 36.0. The number of H-pyrrole nitrogens is 1. The number of carbonyl (C=O) groups is 1. The van der Waals surface area contributed by atoms with Crippen molar-refractivity contribution in [1.82, 2.24) is 14.9 Å². The number of carbonyl (C=O) groups excluding carboxylic acids is 1. The highest BCUT2D eigenvalue weighted by Crippen LogP contribution is 2.52. The van der Waals surface area contributed by atoms with E-state index >= 15 is 0 Å². The molecule has 0 saturated heterocycles. The summed E-state index contributed by atoms with van der Waals surface area (Å²) in [5, 5.41) is 11.5. The van der Waals surface area contributed by atoms with Gasteiger partial charge in [-0.2, -0.15) is 0 Å². The first-order valence-electron chi connectivity index (χ1n) is 12.4. The lowest BCUT2D eigenvalue weighted by Crippen LogP contribution is -2.36. The largest absolute Gasteiger partial charge is 0.378 e. The third-order valence-corrected chi connectivity index (χ3v) is 7.93. The second-order valence-electron chi connectivity index (χ2n) is 10.1. The number of halogens is 1. The maximum atomic E-state index is 13.3. The van der Waals surface area contributed by atoms with E-state index in [-0.39, 0.29) is 23.4 Å². The summed E-state index contributed by atoms with van der Waals surface area (Å²) >= 11 is 6.23. The summed E-state index contributed by atoms with van der Waals surface area (Å²) in [6.07, 6.45) is 4.21. The number of benzene rings is 2. The summed E-state index contributed by atoms with van der Waals surface area (Å²) in [7, 11) is 0. The first-order chi connectivity index (χ1) is 16.9. The van der Waals surface area contributed by atoms with Gasteiger partial charge in [0.2, 0.25) is 0 Å². The molecule has 6 nitrogen and oxygen atoms in total. The van der Waals surface area contributed by atoms with E-state index in [1.165, 1.54) is 5.56 Å². The van der Waals surface area contributed by atoms with Crippen LogP contribution in [-0.2, 0) is 23.2 Å². The van der Waals surface area contributed by atoms with Gasteiger partial charge in [0.05, 0.1) is 23.2 Å². The second kappa shape index (κ2) is 8.61. The van der Waals surface area contributed by atoms with E-state index in [9.17, 15) is 14.7 Å². The maximum absolute atomic E-state index is 13.3. The average Bonchev–Trinajstić information content (AvgIpc) is 3.77. The lowest BCUT2D eigenvalue weighted by atomic mass is 9.94. The van der Waals surface area contributed by atoms with E-state index in [1.807, 2.05) is 36.4 Å². The van der Waals surface area contributed by atoms with Gasteiger partial charge in [0.1, 0.15) is 5.82 Å². The van der Waals surface area contributed by atoms with Crippen molar-refractivity contribution in [2.75, 3.05) is 6.54 Å². The number of rotatable bonds is 5. The Hall–Kier alpha value is -2.96. The lowest BCUT2D eigenvalue weighted by Gasteiger charge is -2.24. The molecule has 2 heterocycles. The molecule has 6 rings (SSSR count). The van der Waals surface area contributed by atoms with Gasteiger partial charge >= 0.3 is 0 Å². The van der Waals surface area contributed by atoms with Crippen LogP contribution >= 0.6 is 11.6 Å². The third kappa shape index (κ3) is 4.19. The number of fused-ring (bicyclic) bond motifs is 1. The molecule has 1 aromatic heterocycles. The molecular formula is C28H28ClN3O3. The number of aryl methyl sites for hydroxylation is 1. The molecule has 0 spiro atoms. The normalized spacial score (nSPS) is 19.5. The number of aliphatic hydroxyl groups excluding tert-OH is 1. The van der Waals surface area contributed by atoms with Gasteiger partial charge in [-0.1, -0.05) is 48.0 Å². The number of nitrogens with one attached hydrogen (secondary N) is 1. The number of aliphatic hydroxyl groups is 1. The zero-order valence-electron chi connectivity index (χ0n) is 19.5. The van der Waals surface area contributed by atoms with Crippen molar-refractivity contribution in [3.8, 4) is 0 Å². The van der Waals surface area contributed by atoms with Crippen LogP contribution in [0.25, 0.3) is 0 Å². The van der Waals surface area contributed by atoms with Gasteiger partial charge in [-0.05, 0) is 73.3 Å². The summed E-state index contributed by atoms with van der Waals surface area (Å²) in [5.74, 6) is 0.856. The van der Waals surface area contributed by atoms with Gasteiger partial charge in [0, 0.05) is 11.6 Å². The van der Waals surface area contributed by atoms with Crippen LogP contribution in [-0.4, -0.2) is 32.4 Å². The Morgan fingerprint density at radius 1 is 1.17 bits per heavy atom. The summed E-state index contributed by atoms with van der Waals surface area (Å²) < 4.78 is 0. The predicted octanol–water partition coefficient (Wildman–Crippen LogP) is 4.39. The standard InChI is InChI=1S/C28H28ClN3O3/c29-21-7-2-6-20(15-21)28(11-12-28)27-30-23-8-3-13-32(16-22(23)25(34)31-27)26(35)24(33)19-5-1-4-18(14-19)17-9-10-17/h1-2,4-7,14-15,17,24,33H,3,8-13,16H2,(H,30,31,34). The summed E-state index contributed by atoms with van der Waals surface area (Å²) in [6.45, 7) is 0.628. The minimum Gasteiger partial charge on any atom is -0.378 e. The molecule has 3 aromatic rings. The Balaban J connectivity index is 1.26. The molecule has 1 aliphatic heterocycles. The molecular weight excluding hydrogens is 462 g/mol. The van der Waals surface area contributed by atoms with E-state index in [0.29, 0.717) is 47.3 Å². The number of hydrogen-bond acceptors (Lipinski definition) is 4. The van der Waals surface area contributed by atoms with E-state index in [0.717, 1.165) is 36.9 Å². The monoisotopic (exact) mass is 489 g/mol. The van der Waals surface area contributed by atoms with E-state index in [4.69, 9.17) is 16.6 Å². The van der Waals surface area contributed by atoms with Gasteiger partial charge in [0.15, 0.2) is 6.10 Å². The molecule has 2 fully saturated rings. The van der Waals surface area contributed by atoms with E-state index in [2.05, 4.69) is 11.1 Å². The van der Waals surface area contributed by atoms with Crippen LogP contribution in [0.3, 0.4) is 0 Å². The van der Waals surface area contributed by atoms with Crippen LogP contribution in [0.2, 0.25) is 5.02 Å². The first-order valence-corrected chi connectivity index (χ1v) is 12.8. The van der Waals surface area contributed by atoms with Gasteiger partial charge in [-0.15, -0.1) is 0 Å². The quantitative estimate of drug-likeness (QED) is 0.556. The molecule has 1 amide bonds. The highest BCUT2D eigenvalue weighted by molar-refractivity contribution is 6.30. The fraction of sp³-hybridized carbons (Fsp3) is 0.393. The molecule has 2 aromatic carbocycles. The van der Waals surface area contributed by atoms with Crippen LogP contribution in [0, 0.1) is 0 Å². The number of hydrogen-bond donors (Lipinski definition) is 2. The highest BCUT2D eigenvalue weighted by Gasteiger charge is 2.48. The van der Waals surface area contributed by atoms with Crippen LogP contribution in [0.1, 0.15) is 77.9 Å². The maximum Gasteiger partial charge on any atom is 0.256 e. The number of nitrogens with zero attached hydrogens (tertiary/aromatic N) is 2. The van der Waals surface area contributed by atoms with Crippen LogP contribution in [0.5, 0.6) is 0 Å². The zero-order valence-corrected chi connectivity index (χ0v) is 20.2. The minimum absolute atomic E-state index is 0.153. The highest BCUT2D eigenvalue weighted by atomic mass is 35.5. The average molecular weight is 490 g/mol. The van der Waals surface area contributed by atoms with Gasteiger partial charge in [-0.25, -0.2) is 4.98 Å². The summed E-state index contributed by atoms with van der Waals surface area (Å²) in [6, 6.07) is 15.4. The van der Waals surface area contributed by atoms with Gasteiger partial charge < -0.3 is 15.0 Å². The van der Waals surface area contributed by atoms with Gasteiger partial charge in [0.25, 0.3) is 11.5 Å². The number of amides is 1. The fourth-order valence-electron chi connectivity index (χ4n) is 5.32. The first kappa shape index (κ1) is 22.5. The molecule has 2 saturated carbocycles. The Kier molecular flexibility index (Phi) is 5.53. The van der Waals surface area contributed by atoms with Gasteiger partial charge in [-0.3, -0.25) is 9.59 Å². The molecule has 35 heavy (non-hydrogen) atoms.